The monoisotopic (exact) mass is 266 g/mol. The van der Waals surface area contributed by atoms with Gasteiger partial charge in [-0.05, 0) is 38.3 Å². The van der Waals surface area contributed by atoms with Crippen LogP contribution in [0.3, 0.4) is 0 Å². The number of hydrogen-bond donors (Lipinski definition) is 1. The normalized spacial score (nSPS) is 52.5. The summed E-state index contributed by atoms with van der Waals surface area (Å²) >= 11 is 0. The maximum absolute atomic E-state index is 11.7. The van der Waals surface area contributed by atoms with Gasteiger partial charge in [-0.3, -0.25) is 4.79 Å². The quantitative estimate of drug-likeness (QED) is 0.536. The number of aliphatic hydroxyl groups excluding tert-OH is 1. The Morgan fingerprint density at radius 1 is 1.47 bits per heavy atom. The lowest BCUT2D eigenvalue weighted by Crippen LogP contribution is -2.37. The van der Waals surface area contributed by atoms with Gasteiger partial charge in [-0.25, -0.2) is 0 Å². The highest BCUT2D eigenvalue weighted by Gasteiger charge is 2.49. The minimum absolute atomic E-state index is 0.0478. The van der Waals surface area contributed by atoms with Crippen molar-refractivity contribution in [1.82, 2.24) is 0 Å². The van der Waals surface area contributed by atoms with E-state index < -0.39 is 11.7 Å². The predicted molar refractivity (Wildman–Crippen MR) is 69.4 cm³/mol. The second-order valence-electron chi connectivity index (χ2n) is 6.47. The standard InChI is InChI=1S/C15H22O4/c1-8-6-12-10(9(2)14(17)18-12)4-5-15(3)13(16)7-11(8)19-15/h6,9-13,16H,4-5,7H2,1-3H3/b8-6-/t9-,10+,11+,12-,13-,15+/m1/s1. The molecule has 0 radical (unpaired) electrons. The summed E-state index contributed by atoms with van der Waals surface area (Å²) < 4.78 is 11.5. The molecule has 2 bridgehead atoms. The zero-order valence-corrected chi connectivity index (χ0v) is 11.8. The number of fused-ring (bicyclic) bond motifs is 3. The molecule has 3 aliphatic rings. The minimum atomic E-state index is -0.486. The van der Waals surface area contributed by atoms with Gasteiger partial charge in [0.15, 0.2) is 0 Å². The Morgan fingerprint density at radius 2 is 2.21 bits per heavy atom. The van der Waals surface area contributed by atoms with E-state index in [1.165, 1.54) is 0 Å². The molecule has 4 heteroatoms. The lowest BCUT2D eigenvalue weighted by molar-refractivity contribution is -0.142. The summed E-state index contributed by atoms with van der Waals surface area (Å²) in [6.45, 7) is 5.92. The fourth-order valence-corrected chi connectivity index (χ4v) is 3.59. The molecule has 0 unspecified atom stereocenters. The first-order valence-corrected chi connectivity index (χ1v) is 7.15. The van der Waals surface area contributed by atoms with Crippen LogP contribution in [0.15, 0.2) is 11.6 Å². The summed E-state index contributed by atoms with van der Waals surface area (Å²) in [6, 6.07) is 0. The zero-order chi connectivity index (χ0) is 13.8. The van der Waals surface area contributed by atoms with E-state index in [0.717, 1.165) is 18.4 Å². The van der Waals surface area contributed by atoms with Crippen molar-refractivity contribution in [2.75, 3.05) is 0 Å². The number of aliphatic hydroxyl groups is 1. The molecule has 0 spiro atoms. The molecule has 0 aromatic heterocycles. The Labute approximate surface area is 113 Å². The van der Waals surface area contributed by atoms with Gasteiger partial charge >= 0.3 is 5.97 Å². The van der Waals surface area contributed by atoms with E-state index in [2.05, 4.69) is 0 Å². The second kappa shape index (κ2) is 4.32. The molecule has 3 heterocycles. The fraction of sp³-hybridized carbons (Fsp3) is 0.800. The molecule has 0 saturated carbocycles. The van der Waals surface area contributed by atoms with E-state index >= 15 is 0 Å². The molecule has 19 heavy (non-hydrogen) atoms. The molecule has 6 atom stereocenters. The Bertz CT molecular complexity index is 430. The molecular formula is C15H22O4. The fourth-order valence-electron chi connectivity index (χ4n) is 3.59. The first-order valence-electron chi connectivity index (χ1n) is 7.15. The highest BCUT2D eigenvalue weighted by Crippen LogP contribution is 2.43. The van der Waals surface area contributed by atoms with E-state index in [4.69, 9.17) is 9.47 Å². The van der Waals surface area contributed by atoms with Crippen molar-refractivity contribution in [1.29, 1.82) is 0 Å². The number of hydrogen-bond acceptors (Lipinski definition) is 4. The average Bonchev–Trinajstić information content (AvgIpc) is 2.79. The van der Waals surface area contributed by atoms with Crippen LogP contribution in [0, 0.1) is 11.8 Å². The lowest BCUT2D eigenvalue weighted by atomic mass is 9.81. The number of carbonyl (C=O) groups is 1. The number of esters is 1. The Morgan fingerprint density at radius 3 is 2.95 bits per heavy atom. The van der Waals surface area contributed by atoms with Crippen LogP contribution in [-0.2, 0) is 14.3 Å². The number of ether oxygens (including phenoxy) is 2. The van der Waals surface area contributed by atoms with Crippen molar-refractivity contribution in [3.8, 4) is 0 Å². The molecule has 1 N–H and O–H groups in total. The molecule has 0 amide bonds. The largest absolute Gasteiger partial charge is 0.458 e. The third-order valence-electron chi connectivity index (χ3n) is 5.15. The highest BCUT2D eigenvalue weighted by molar-refractivity contribution is 5.75. The molecule has 2 fully saturated rings. The van der Waals surface area contributed by atoms with Gasteiger partial charge in [-0.15, -0.1) is 0 Å². The van der Waals surface area contributed by atoms with Crippen LogP contribution in [0.4, 0.5) is 0 Å². The number of carbonyl (C=O) groups excluding carboxylic acids is 1. The summed E-state index contributed by atoms with van der Waals surface area (Å²) in [5.41, 5.74) is 0.585. The Balaban J connectivity index is 1.93. The second-order valence-corrected chi connectivity index (χ2v) is 6.47. The highest BCUT2D eigenvalue weighted by atomic mass is 16.6. The Hall–Kier alpha value is -0.870. The van der Waals surface area contributed by atoms with Crippen LogP contribution in [0.2, 0.25) is 0 Å². The first kappa shape index (κ1) is 13.1. The zero-order valence-electron chi connectivity index (χ0n) is 11.8. The molecule has 0 aromatic rings. The Kier molecular flexibility index (Phi) is 2.98. The van der Waals surface area contributed by atoms with Crippen molar-refractivity contribution in [3.63, 3.8) is 0 Å². The first-order chi connectivity index (χ1) is 8.90. The average molecular weight is 266 g/mol. The van der Waals surface area contributed by atoms with Gasteiger partial charge in [0.25, 0.3) is 0 Å². The van der Waals surface area contributed by atoms with Crippen LogP contribution >= 0.6 is 0 Å². The molecule has 0 aromatic carbocycles. The SMILES string of the molecule is C/C1=C/[C@H]2OC(=O)[C@H](C)[C@@H]2CC[C@]2(C)O[C@H]1C[C@H]2O. The summed E-state index contributed by atoms with van der Waals surface area (Å²) in [5.74, 6) is 0.0411. The lowest BCUT2D eigenvalue weighted by Gasteiger charge is -2.29. The number of rotatable bonds is 0. The molecule has 3 rings (SSSR count). The third kappa shape index (κ3) is 2.01. The predicted octanol–water partition coefficient (Wildman–Crippen LogP) is 1.81. The van der Waals surface area contributed by atoms with E-state index in [1.807, 2.05) is 26.8 Å². The minimum Gasteiger partial charge on any atom is -0.458 e. The summed E-state index contributed by atoms with van der Waals surface area (Å²) in [5, 5.41) is 10.2. The van der Waals surface area contributed by atoms with Crippen molar-refractivity contribution in [2.45, 2.75) is 63.9 Å². The molecule has 106 valence electrons. The maximum atomic E-state index is 11.7. The summed E-state index contributed by atoms with van der Waals surface area (Å²) in [6.07, 6.45) is 3.70. The van der Waals surface area contributed by atoms with Crippen LogP contribution in [-0.4, -0.2) is 35.0 Å². The van der Waals surface area contributed by atoms with E-state index in [9.17, 15) is 9.90 Å². The van der Waals surface area contributed by atoms with Gasteiger partial charge < -0.3 is 14.6 Å². The van der Waals surface area contributed by atoms with E-state index in [-0.39, 0.29) is 30.0 Å². The van der Waals surface area contributed by atoms with Crippen LogP contribution < -0.4 is 0 Å². The maximum Gasteiger partial charge on any atom is 0.309 e. The van der Waals surface area contributed by atoms with Crippen LogP contribution in [0.25, 0.3) is 0 Å². The van der Waals surface area contributed by atoms with Gasteiger partial charge in [-0.2, -0.15) is 0 Å². The van der Waals surface area contributed by atoms with Crippen molar-refractivity contribution < 1.29 is 19.4 Å². The van der Waals surface area contributed by atoms with Crippen molar-refractivity contribution >= 4 is 5.97 Å². The summed E-state index contributed by atoms with van der Waals surface area (Å²) in [7, 11) is 0. The molecular weight excluding hydrogens is 244 g/mol. The molecule has 4 nitrogen and oxygen atoms in total. The molecule has 3 aliphatic heterocycles. The van der Waals surface area contributed by atoms with Crippen molar-refractivity contribution in [3.05, 3.63) is 11.6 Å². The third-order valence-corrected chi connectivity index (χ3v) is 5.15. The van der Waals surface area contributed by atoms with E-state index in [1.54, 1.807) is 0 Å². The summed E-state index contributed by atoms with van der Waals surface area (Å²) in [4.78, 5) is 11.7. The topological polar surface area (TPSA) is 55.8 Å². The van der Waals surface area contributed by atoms with Gasteiger partial charge in [0, 0.05) is 12.3 Å². The molecule has 2 saturated heterocycles. The molecule has 0 aliphatic carbocycles. The van der Waals surface area contributed by atoms with E-state index in [0.29, 0.717) is 6.42 Å². The van der Waals surface area contributed by atoms with Gasteiger partial charge in [-0.1, -0.05) is 6.92 Å². The van der Waals surface area contributed by atoms with Crippen LogP contribution in [0.5, 0.6) is 0 Å². The smallest absolute Gasteiger partial charge is 0.309 e. The van der Waals surface area contributed by atoms with Crippen molar-refractivity contribution in [2.24, 2.45) is 11.8 Å². The van der Waals surface area contributed by atoms with Crippen LogP contribution in [0.1, 0.15) is 40.0 Å². The van der Waals surface area contributed by atoms with Gasteiger partial charge in [0.05, 0.1) is 23.7 Å². The van der Waals surface area contributed by atoms with Gasteiger partial charge in [0.2, 0.25) is 0 Å². The van der Waals surface area contributed by atoms with Gasteiger partial charge in [0.1, 0.15) is 6.10 Å².